The Morgan fingerprint density at radius 2 is 1.57 bits per heavy atom. The molecule has 1 atom stereocenters. The molecule has 0 saturated carbocycles. The van der Waals surface area contributed by atoms with Crippen LogP contribution in [-0.4, -0.2) is 5.91 Å². The summed E-state index contributed by atoms with van der Waals surface area (Å²) in [5.41, 5.74) is 4.74. The van der Waals surface area contributed by atoms with Crippen molar-refractivity contribution in [2.45, 2.75) is 33.7 Å². The molecule has 2 heteroatoms. The van der Waals surface area contributed by atoms with E-state index in [0.717, 1.165) is 11.1 Å². The van der Waals surface area contributed by atoms with Gasteiger partial charge in [-0.25, -0.2) is 0 Å². The van der Waals surface area contributed by atoms with Gasteiger partial charge in [0.25, 0.3) is 0 Å². The molecule has 0 spiro atoms. The van der Waals surface area contributed by atoms with Gasteiger partial charge in [-0.1, -0.05) is 62.4 Å². The van der Waals surface area contributed by atoms with Crippen LogP contribution in [-0.2, 0) is 4.79 Å². The number of rotatable bonds is 4. The molecule has 0 saturated heterocycles. The van der Waals surface area contributed by atoms with Crippen molar-refractivity contribution in [3.05, 3.63) is 70.8 Å². The summed E-state index contributed by atoms with van der Waals surface area (Å²) in [4.78, 5) is 12.1. The van der Waals surface area contributed by atoms with Crippen molar-refractivity contribution in [3.8, 4) is 0 Å². The maximum Gasteiger partial charge on any atom is 0.223 e. The van der Waals surface area contributed by atoms with Gasteiger partial charge in [-0.15, -0.1) is 0 Å². The zero-order valence-corrected chi connectivity index (χ0v) is 13.2. The van der Waals surface area contributed by atoms with E-state index in [0.29, 0.717) is 0 Å². The van der Waals surface area contributed by atoms with E-state index < -0.39 is 0 Å². The van der Waals surface area contributed by atoms with Crippen LogP contribution >= 0.6 is 0 Å². The van der Waals surface area contributed by atoms with Crippen LogP contribution in [0.15, 0.2) is 48.5 Å². The number of aryl methyl sites for hydroxylation is 2. The number of hydrogen-bond donors (Lipinski definition) is 1. The van der Waals surface area contributed by atoms with Crippen molar-refractivity contribution in [1.29, 1.82) is 0 Å². The lowest BCUT2D eigenvalue weighted by molar-refractivity contribution is -0.124. The lowest BCUT2D eigenvalue weighted by Crippen LogP contribution is -2.32. The first-order chi connectivity index (χ1) is 9.99. The third-order valence-electron chi connectivity index (χ3n) is 3.81. The van der Waals surface area contributed by atoms with E-state index in [-0.39, 0.29) is 17.9 Å². The van der Waals surface area contributed by atoms with E-state index in [9.17, 15) is 4.79 Å². The average Bonchev–Trinajstić information content (AvgIpc) is 2.48. The largest absolute Gasteiger partial charge is 0.345 e. The van der Waals surface area contributed by atoms with Gasteiger partial charge in [0.15, 0.2) is 0 Å². The zero-order chi connectivity index (χ0) is 15.4. The van der Waals surface area contributed by atoms with Crippen molar-refractivity contribution in [2.24, 2.45) is 5.92 Å². The summed E-state index contributed by atoms with van der Waals surface area (Å²) in [6.45, 7) is 8.03. The molecule has 1 amide bonds. The van der Waals surface area contributed by atoms with Crippen LogP contribution in [0.1, 0.15) is 42.1 Å². The van der Waals surface area contributed by atoms with Gasteiger partial charge in [0.05, 0.1) is 6.04 Å². The Balaban J connectivity index is 2.40. The fraction of sp³-hybridized carbons (Fsp3) is 0.316. The lowest BCUT2D eigenvalue weighted by Gasteiger charge is -2.22. The minimum absolute atomic E-state index is 0.0252. The average molecular weight is 281 g/mol. The number of hydrogen-bond acceptors (Lipinski definition) is 1. The van der Waals surface area contributed by atoms with Crippen LogP contribution in [0.2, 0.25) is 0 Å². The first-order valence-electron chi connectivity index (χ1n) is 7.41. The van der Waals surface area contributed by atoms with Crippen molar-refractivity contribution in [1.82, 2.24) is 5.32 Å². The van der Waals surface area contributed by atoms with Crippen molar-refractivity contribution in [2.75, 3.05) is 0 Å². The molecule has 0 bridgehead atoms. The summed E-state index contributed by atoms with van der Waals surface area (Å²) in [7, 11) is 0. The van der Waals surface area contributed by atoms with Crippen molar-refractivity contribution in [3.63, 3.8) is 0 Å². The van der Waals surface area contributed by atoms with E-state index >= 15 is 0 Å². The van der Waals surface area contributed by atoms with Gasteiger partial charge in [-0.05, 0) is 36.1 Å². The third-order valence-corrected chi connectivity index (χ3v) is 3.81. The molecule has 2 rings (SSSR count). The van der Waals surface area contributed by atoms with E-state index in [2.05, 4.69) is 49.5 Å². The summed E-state index contributed by atoms with van der Waals surface area (Å²) in [5, 5.41) is 3.16. The maximum absolute atomic E-state index is 12.1. The number of amides is 1. The van der Waals surface area contributed by atoms with Crippen LogP contribution in [0.4, 0.5) is 0 Å². The molecule has 1 unspecified atom stereocenters. The molecule has 110 valence electrons. The molecule has 0 radical (unpaired) electrons. The maximum atomic E-state index is 12.1. The highest BCUT2D eigenvalue weighted by Crippen LogP contribution is 2.24. The van der Waals surface area contributed by atoms with Gasteiger partial charge in [0.1, 0.15) is 0 Å². The second kappa shape index (κ2) is 6.57. The Labute approximate surface area is 127 Å². The lowest BCUT2D eigenvalue weighted by atomic mass is 9.95. The second-order valence-corrected chi connectivity index (χ2v) is 5.85. The highest BCUT2D eigenvalue weighted by molar-refractivity contribution is 5.78. The molecule has 0 aliphatic heterocycles. The van der Waals surface area contributed by atoms with Crippen LogP contribution in [0.25, 0.3) is 0 Å². The molecule has 1 N–H and O–H groups in total. The molecular formula is C19H23NO. The summed E-state index contributed by atoms with van der Waals surface area (Å²) in [6.07, 6.45) is 0. The summed E-state index contributed by atoms with van der Waals surface area (Å²) < 4.78 is 0. The summed E-state index contributed by atoms with van der Waals surface area (Å²) >= 11 is 0. The van der Waals surface area contributed by atoms with Crippen molar-refractivity contribution < 1.29 is 4.79 Å². The highest BCUT2D eigenvalue weighted by atomic mass is 16.1. The smallest absolute Gasteiger partial charge is 0.223 e. The normalized spacial score (nSPS) is 12.2. The van der Waals surface area contributed by atoms with Crippen LogP contribution in [0.5, 0.6) is 0 Å². The Kier molecular flexibility index (Phi) is 4.79. The third kappa shape index (κ3) is 3.72. The van der Waals surface area contributed by atoms with E-state index in [1.165, 1.54) is 11.1 Å². The Morgan fingerprint density at radius 3 is 2.14 bits per heavy atom. The van der Waals surface area contributed by atoms with Crippen LogP contribution in [0, 0.1) is 19.8 Å². The molecule has 0 aliphatic carbocycles. The zero-order valence-electron chi connectivity index (χ0n) is 13.2. The molecular weight excluding hydrogens is 258 g/mol. The summed E-state index contributed by atoms with van der Waals surface area (Å²) in [6, 6.07) is 16.4. The monoisotopic (exact) mass is 281 g/mol. The molecule has 21 heavy (non-hydrogen) atoms. The molecule has 0 heterocycles. The molecule has 2 aromatic carbocycles. The molecule has 0 aromatic heterocycles. The number of nitrogens with one attached hydrogen (secondary N) is 1. The number of benzene rings is 2. The standard InChI is InChI=1S/C19H23NO/c1-13(2)19(21)20-18(16-8-6-5-7-9-16)17-11-10-14(3)15(4)12-17/h5-13,18H,1-4H3,(H,20,21). The van der Waals surface area contributed by atoms with Gasteiger partial charge >= 0.3 is 0 Å². The topological polar surface area (TPSA) is 29.1 Å². The minimum Gasteiger partial charge on any atom is -0.345 e. The van der Waals surface area contributed by atoms with Crippen molar-refractivity contribution >= 4 is 5.91 Å². The van der Waals surface area contributed by atoms with Gasteiger partial charge in [0.2, 0.25) is 5.91 Å². The van der Waals surface area contributed by atoms with Gasteiger partial charge in [-0.3, -0.25) is 4.79 Å². The molecule has 0 aliphatic rings. The van der Waals surface area contributed by atoms with Gasteiger partial charge in [0, 0.05) is 5.92 Å². The van der Waals surface area contributed by atoms with E-state index in [4.69, 9.17) is 0 Å². The minimum atomic E-state index is -0.0969. The van der Waals surface area contributed by atoms with E-state index in [1.807, 2.05) is 32.0 Å². The fourth-order valence-corrected chi connectivity index (χ4v) is 2.26. The Hall–Kier alpha value is -2.09. The van der Waals surface area contributed by atoms with Crippen LogP contribution < -0.4 is 5.32 Å². The highest BCUT2D eigenvalue weighted by Gasteiger charge is 2.18. The SMILES string of the molecule is Cc1ccc(C(NC(=O)C(C)C)c2ccccc2)cc1C. The number of carbonyl (C=O) groups excluding carboxylic acids is 1. The van der Waals surface area contributed by atoms with Gasteiger partial charge in [-0.2, -0.15) is 0 Å². The predicted molar refractivity (Wildman–Crippen MR) is 87.2 cm³/mol. The number of carbonyl (C=O) groups is 1. The molecule has 2 nitrogen and oxygen atoms in total. The summed E-state index contributed by atoms with van der Waals surface area (Å²) in [5.74, 6) is 0.0461. The first-order valence-corrected chi connectivity index (χ1v) is 7.41. The fourth-order valence-electron chi connectivity index (χ4n) is 2.26. The Morgan fingerprint density at radius 1 is 0.905 bits per heavy atom. The van der Waals surface area contributed by atoms with E-state index in [1.54, 1.807) is 0 Å². The Bertz CT molecular complexity index is 617. The van der Waals surface area contributed by atoms with Crippen LogP contribution in [0.3, 0.4) is 0 Å². The molecule has 2 aromatic rings. The predicted octanol–water partition coefficient (Wildman–Crippen LogP) is 4.17. The van der Waals surface area contributed by atoms with Gasteiger partial charge < -0.3 is 5.32 Å². The molecule has 0 fully saturated rings. The quantitative estimate of drug-likeness (QED) is 0.895. The second-order valence-electron chi connectivity index (χ2n) is 5.85. The first kappa shape index (κ1) is 15.3.